The second kappa shape index (κ2) is 7.09. The van der Waals surface area contributed by atoms with E-state index in [1.54, 1.807) is 0 Å². The predicted octanol–water partition coefficient (Wildman–Crippen LogP) is 7.00. The molecule has 0 aliphatic heterocycles. The summed E-state index contributed by atoms with van der Waals surface area (Å²) in [5.41, 5.74) is 1.27. The zero-order valence-corrected chi connectivity index (χ0v) is 22.0. The van der Waals surface area contributed by atoms with Gasteiger partial charge in [-0.15, -0.1) is 0 Å². The highest BCUT2D eigenvalue weighted by Crippen LogP contribution is 2.75. The summed E-state index contributed by atoms with van der Waals surface area (Å²) in [6, 6.07) is 0. The van der Waals surface area contributed by atoms with Crippen LogP contribution >= 0.6 is 0 Å². The van der Waals surface area contributed by atoms with Gasteiger partial charge in [-0.1, -0.05) is 60.6 Å². The molecule has 5 rings (SSSR count). The molecule has 0 aromatic heterocycles. The number of rotatable bonds is 1. The first-order valence-corrected chi connectivity index (χ1v) is 13.8. The van der Waals surface area contributed by atoms with Crippen molar-refractivity contribution in [1.29, 1.82) is 0 Å². The molecular weight excluding hydrogens is 392 g/mol. The molecule has 0 heterocycles. The monoisotopic (exact) mass is 442 g/mol. The molecule has 0 spiro atoms. The number of aliphatic hydroxyl groups excluding tert-OH is 2. The minimum atomic E-state index is -0.292. The van der Waals surface area contributed by atoms with Crippen LogP contribution in [0.5, 0.6) is 0 Å². The fraction of sp³-hybridized carbons (Fsp3) is 0.933. The van der Waals surface area contributed by atoms with Gasteiger partial charge in [-0.25, -0.2) is 0 Å². The van der Waals surface area contributed by atoms with Gasteiger partial charge in [0, 0.05) is 0 Å². The van der Waals surface area contributed by atoms with Gasteiger partial charge in [0.05, 0.1) is 12.2 Å². The van der Waals surface area contributed by atoms with Gasteiger partial charge >= 0.3 is 0 Å². The topological polar surface area (TPSA) is 40.5 Å². The third kappa shape index (κ3) is 2.90. The summed E-state index contributed by atoms with van der Waals surface area (Å²) >= 11 is 0. The van der Waals surface area contributed by atoms with Gasteiger partial charge in [-0.3, -0.25) is 0 Å². The lowest BCUT2D eigenvalue weighted by atomic mass is 9.35. The van der Waals surface area contributed by atoms with Crippen molar-refractivity contribution >= 4 is 0 Å². The largest absolute Gasteiger partial charge is 0.393 e. The van der Waals surface area contributed by atoms with Crippen LogP contribution in [0.15, 0.2) is 12.2 Å². The van der Waals surface area contributed by atoms with E-state index in [0.29, 0.717) is 28.1 Å². The van der Waals surface area contributed by atoms with Gasteiger partial charge in [0.2, 0.25) is 0 Å². The van der Waals surface area contributed by atoms with Crippen molar-refractivity contribution in [2.45, 2.75) is 118 Å². The Kier molecular flexibility index (Phi) is 5.19. The molecule has 1 unspecified atom stereocenters. The molecule has 2 nitrogen and oxygen atoms in total. The standard InChI is InChI=1S/C30H50O2/c1-26(2)18-19(8-11-24(26)31)20-12-16-29(6)21(20)9-10-23-28(5)15-14-25(32)27(3,4)22(28)13-17-30(23,29)7/h8,11,19-25,31-32H,9-10,12-18H2,1-7H3/t19-,20+,21-,22?,23+,24-,25-,28-,29-,30+/m0/s1. The maximum absolute atomic E-state index is 10.9. The molecule has 4 saturated carbocycles. The van der Waals surface area contributed by atoms with E-state index in [2.05, 4.69) is 60.6 Å². The summed E-state index contributed by atoms with van der Waals surface area (Å²) in [6.07, 6.45) is 15.6. The Balaban J connectivity index is 1.45. The van der Waals surface area contributed by atoms with Crippen molar-refractivity contribution in [2.75, 3.05) is 0 Å². The van der Waals surface area contributed by atoms with Gasteiger partial charge in [0.15, 0.2) is 0 Å². The number of aliphatic hydroxyl groups is 2. The van der Waals surface area contributed by atoms with Crippen LogP contribution in [0.2, 0.25) is 0 Å². The molecule has 0 aromatic carbocycles. The zero-order chi connectivity index (χ0) is 23.3. The van der Waals surface area contributed by atoms with E-state index in [-0.39, 0.29) is 23.0 Å². The Morgan fingerprint density at radius 3 is 2.06 bits per heavy atom. The zero-order valence-electron chi connectivity index (χ0n) is 22.0. The summed E-state index contributed by atoms with van der Waals surface area (Å²) in [5.74, 6) is 3.69. The molecule has 4 fully saturated rings. The third-order valence-corrected chi connectivity index (χ3v) is 13.1. The van der Waals surface area contributed by atoms with E-state index in [9.17, 15) is 10.2 Å². The second-order valence-electron chi connectivity index (χ2n) is 14.9. The summed E-state index contributed by atoms with van der Waals surface area (Å²) in [4.78, 5) is 0. The smallest absolute Gasteiger partial charge is 0.0772 e. The van der Waals surface area contributed by atoms with Gasteiger partial charge < -0.3 is 10.2 Å². The molecule has 0 saturated heterocycles. The van der Waals surface area contributed by atoms with Crippen molar-refractivity contribution in [2.24, 2.45) is 56.7 Å². The molecule has 0 bridgehead atoms. The van der Waals surface area contributed by atoms with Crippen LogP contribution in [0.25, 0.3) is 0 Å². The van der Waals surface area contributed by atoms with Crippen LogP contribution in [0.1, 0.15) is 106 Å². The molecule has 0 amide bonds. The first-order chi connectivity index (χ1) is 14.8. The summed E-state index contributed by atoms with van der Waals surface area (Å²) < 4.78 is 0. The van der Waals surface area contributed by atoms with Crippen LogP contribution in [0, 0.1) is 56.7 Å². The van der Waals surface area contributed by atoms with E-state index >= 15 is 0 Å². The molecular formula is C30H50O2. The van der Waals surface area contributed by atoms with E-state index in [1.807, 2.05) is 0 Å². The second-order valence-corrected chi connectivity index (χ2v) is 14.9. The van der Waals surface area contributed by atoms with Gasteiger partial charge in [-0.05, 0) is 114 Å². The molecule has 182 valence electrons. The maximum Gasteiger partial charge on any atom is 0.0772 e. The quantitative estimate of drug-likeness (QED) is 0.429. The van der Waals surface area contributed by atoms with Gasteiger partial charge in [0.1, 0.15) is 0 Å². The number of allylic oxidation sites excluding steroid dienone is 1. The molecule has 5 aliphatic carbocycles. The van der Waals surface area contributed by atoms with Crippen LogP contribution in [0.4, 0.5) is 0 Å². The Hall–Kier alpha value is -0.340. The molecule has 0 radical (unpaired) electrons. The lowest BCUT2D eigenvalue weighted by Gasteiger charge is -2.70. The van der Waals surface area contributed by atoms with Crippen molar-refractivity contribution < 1.29 is 10.2 Å². The van der Waals surface area contributed by atoms with E-state index in [0.717, 1.165) is 30.6 Å². The van der Waals surface area contributed by atoms with Crippen LogP contribution in [0.3, 0.4) is 0 Å². The molecule has 2 heteroatoms. The lowest BCUT2D eigenvalue weighted by molar-refractivity contribution is -0.222. The highest BCUT2D eigenvalue weighted by Gasteiger charge is 2.68. The molecule has 10 atom stereocenters. The predicted molar refractivity (Wildman–Crippen MR) is 132 cm³/mol. The number of fused-ring (bicyclic) bond motifs is 5. The average Bonchev–Trinajstić information content (AvgIpc) is 3.06. The minimum Gasteiger partial charge on any atom is -0.393 e. The Morgan fingerprint density at radius 1 is 0.688 bits per heavy atom. The van der Waals surface area contributed by atoms with Crippen molar-refractivity contribution in [3.8, 4) is 0 Å². The van der Waals surface area contributed by atoms with Crippen LogP contribution in [-0.2, 0) is 0 Å². The van der Waals surface area contributed by atoms with Gasteiger partial charge in [-0.2, -0.15) is 0 Å². The summed E-state index contributed by atoms with van der Waals surface area (Å²) in [5, 5.41) is 21.3. The van der Waals surface area contributed by atoms with Crippen molar-refractivity contribution in [1.82, 2.24) is 0 Å². The molecule has 5 aliphatic rings. The SMILES string of the molecule is CC1(C)C[C@@H]([C@H]2CC[C@@]3(C)[C@H]2CC[C@@H]2[C@@]4(C)CC[C@H](O)C(C)(C)C4CC[C@]23C)C=C[C@@H]1O. The molecule has 32 heavy (non-hydrogen) atoms. The van der Waals surface area contributed by atoms with E-state index < -0.39 is 0 Å². The van der Waals surface area contributed by atoms with Gasteiger partial charge in [0.25, 0.3) is 0 Å². The summed E-state index contributed by atoms with van der Waals surface area (Å²) in [7, 11) is 0. The first kappa shape index (κ1) is 23.4. The fourth-order valence-electron chi connectivity index (χ4n) is 10.9. The van der Waals surface area contributed by atoms with E-state index in [1.165, 1.54) is 44.9 Å². The maximum atomic E-state index is 10.9. The minimum absolute atomic E-state index is 0.000432. The van der Waals surface area contributed by atoms with Crippen molar-refractivity contribution in [3.63, 3.8) is 0 Å². The molecule has 2 N–H and O–H groups in total. The van der Waals surface area contributed by atoms with E-state index in [4.69, 9.17) is 0 Å². The summed E-state index contributed by atoms with van der Waals surface area (Å²) in [6.45, 7) is 17.2. The Labute approximate surface area is 197 Å². The highest BCUT2D eigenvalue weighted by atomic mass is 16.3. The highest BCUT2D eigenvalue weighted by molar-refractivity contribution is 5.19. The van der Waals surface area contributed by atoms with Crippen molar-refractivity contribution in [3.05, 3.63) is 12.2 Å². The average molecular weight is 443 g/mol. The normalized spacial score (nSPS) is 56.2. The lowest BCUT2D eigenvalue weighted by Crippen LogP contribution is -2.63. The number of hydrogen-bond donors (Lipinski definition) is 2. The third-order valence-electron chi connectivity index (χ3n) is 13.1. The Bertz CT molecular complexity index is 782. The number of hydrogen-bond acceptors (Lipinski definition) is 2. The fourth-order valence-corrected chi connectivity index (χ4v) is 10.9. The first-order valence-electron chi connectivity index (χ1n) is 13.8. The Morgan fingerprint density at radius 2 is 1.38 bits per heavy atom. The van der Waals surface area contributed by atoms with Crippen LogP contribution in [-0.4, -0.2) is 22.4 Å². The van der Waals surface area contributed by atoms with Crippen LogP contribution < -0.4 is 0 Å². The molecule has 0 aromatic rings.